The van der Waals surface area contributed by atoms with Crippen molar-refractivity contribution in [2.75, 3.05) is 31.7 Å². The van der Waals surface area contributed by atoms with Crippen molar-refractivity contribution in [2.24, 2.45) is 0 Å². The molecule has 0 aromatic heterocycles. The number of rotatable bonds is 9. The molecule has 0 fully saturated rings. The number of benzene rings is 3. The first-order valence-electron chi connectivity index (χ1n) is 10.9. The van der Waals surface area contributed by atoms with Gasteiger partial charge in [-0.05, 0) is 40.5 Å². The van der Waals surface area contributed by atoms with Crippen molar-refractivity contribution in [3.8, 4) is 11.1 Å². The van der Waals surface area contributed by atoms with Crippen molar-refractivity contribution < 1.29 is 33.4 Å². The van der Waals surface area contributed by atoms with Crippen molar-refractivity contribution in [1.29, 1.82) is 0 Å². The van der Waals surface area contributed by atoms with Crippen molar-refractivity contribution >= 4 is 23.7 Å². The van der Waals surface area contributed by atoms with E-state index in [1.807, 2.05) is 36.4 Å². The number of carbonyl (C=O) groups excluding carboxylic acids is 2. The van der Waals surface area contributed by atoms with Crippen molar-refractivity contribution in [3.05, 3.63) is 89.2 Å². The molecule has 9 heteroatoms. The van der Waals surface area contributed by atoms with Crippen LogP contribution in [-0.4, -0.2) is 49.4 Å². The number of amides is 2. The summed E-state index contributed by atoms with van der Waals surface area (Å²) in [4.78, 5) is 34.9. The zero-order valence-corrected chi connectivity index (χ0v) is 18.6. The molecule has 0 saturated heterocycles. The summed E-state index contributed by atoms with van der Waals surface area (Å²) in [5, 5.41) is 13.8. The van der Waals surface area contributed by atoms with Crippen LogP contribution in [0, 0.1) is 5.82 Å². The molecule has 0 saturated carbocycles. The van der Waals surface area contributed by atoms with Gasteiger partial charge in [-0.1, -0.05) is 48.5 Å². The van der Waals surface area contributed by atoms with Crippen LogP contribution in [0.15, 0.2) is 66.7 Å². The number of nitrogens with one attached hydrogen (secondary N) is 2. The Balaban J connectivity index is 1.17. The number of anilines is 1. The van der Waals surface area contributed by atoms with Crippen molar-refractivity contribution in [2.45, 2.75) is 5.92 Å². The monoisotopic (exact) mass is 478 g/mol. The van der Waals surface area contributed by atoms with Gasteiger partial charge in [-0.2, -0.15) is 0 Å². The fourth-order valence-electron chi connectivity index (χ4n) is 4.00. The second kappa shape index (κ2) is 10.8. The maximum atomic E-state index is 13.7. The minimum absolute atomic E-state index is 0.0394. The number of fused-ring (bicyclic) bond motifs is 3. The minimum Gasteiger partial charge on any atom is -0.478 e. The molecule has 0 bridgehead atoms. The second-order valence-corrected chi connectivity index (χ2v) is 7.85. The highest BCUT2D eigenvalue weighted by Crippen LogP contribution is 2.44. The topological polar surface area (TPSA) is 114 Å². The van der Waals surface area contributed by atoms with E-state index in [1.54, 1.807) is 0 Å². The lowest BCUT2D eigenvalue weighted by atomic mass is 9.98. The number of carbonyl (C=O) groups is 3. The molecule has 0 heterocycles. The lowest BCUT2D eigenvalue weighted by Gasteiger charge is -2.14. The molecule has 3 aromatic rings. The summed E-state index contributed by atoms with van der Waals surface area (Å²) in [5.74, 6) is -2.94. The SMILES string of the molecule is O=C(COCCNC(=O)OCC1c2ccccc2-c2ccccc21)Nc1ccc(C(=O)O)c(F)c1. The van der Waals surface area contributed by atoms with Gasteiger partial charge in [0, 0.05) is 18.2 Å². The summed E-state index contributed by atoms with van der Waals surface area (Å²) in [6.45, 7) is 0.0604. The Hall–Kier alpha value is -4.24. The van der Waals surface area contributed by atoms with Gasteiger partial charge >= 0.3 is 12.1 Å². The standard InChI is InChI=1S/C26H23FN2O6/c27-23-13-16(9-10-21(23)25(31)32)29-24(30)15-34-12-11-28-26(33)35-14-22-19-7-3-1-5-17(19)18-6-2-4-8-20(18)22/h1-10,13,22H,11-12,14-15H2,(H,28,33)(H,29,30)(H,31,32). The molecule has 0 atom stereocenters. The number of hydrogen-bond acceptors (Lipinski definition) is 5. The maximum Gasteiger partial charge on any atom is 0.407 e. The third kappa shape index (κ3) is 5.64. The predicted octanol–water partition coefficient (Wildman–Crippen LogP) is 4.02. The third-order valence-electron chi connectivity index (χ3n) is 5.58. The summed E-state index contributed by atoms with van der Waals surface area (Å²) >= 11 is 0. The summed E-state index contributed by atoms with van der Waals surface area (Å²) in [6.07, 6.45) is -0.589. The third-order valence-corrected chi connectivity index (χ3v) is 5.58. The molecule has 0 radical (unpaired) electrons. The minimum atomic E-state index is -1.40. The molecular weight excluding hydrogens is 455 g/mol. The van der Waals surface area contributed by atoms with E-state index in [2.05, 4.69) is 22.8 Å². The fourth-order valence-corrected chi connectivity index (χ4v) is 4.00. The van der Waals surface area contributed by atoms with E-state index in [9.17, 15) is 18.8 Å². The summed E-state index contributed by atoms with van der Waals surface area (Å²) in [5.41, 5.74) is 4.15. The normalized spacial score (nSPS) is 11.9. The molecule has 0 unspecified atom stereocenters. The Morgan fingerprint density at radius 1 is 0.943 bits per heavy atom. The van der Waals surface area contributed by atoms with E-state index in [4.69, 9.17) is 14.6 Å². The van der Waals surface area contributed by atoms with Gasteiger partial charge in [0.15, 0.2) is 0 Å². The fraction of sp³-hybridized carbons (Fsp3) is 0.192. The van der Waals surface area contributed by atoms with Crippen molar-refractivity contribution in [3.63, 3.8) is 0 Å². The van der Waals surface area contributed by atoms with E-state index >= 15 is 0 Å². The van der Waals surface area contributed by atoms with Gasteiger partial charge in [-0.3, -0.25) is 4.79 Å². The first kappa shape index (κ1) is 23.9. The first-order valence-corrected chi connectivity index (χ1v) is 10.9. The van der Waals surface area contributed by atoms with Gasteiger partial charge < -0.3 is 25.2 Å². The smallest absolute Gasteiger partial charge is 0.407 e. The van der Waals surface area contributed by atoms with Crippen LogP contribution in [0.2, 0.25) is 0 Å². The van der Waals surface area contributed by atoms with E-state index in [0.29, 0.717) is 0 Å². The molecule has 1 aliphatic carbocycles. The molecular formula is C26H23FN2O6. The molecule has 4 rings (SSSR count). The van der Waals surface area contributed by atoms with Gasteiger partial charge in [0.25, 0.3) is 0 Å². The quantitative estimate of drug-likeness (QED) is 0.401. The second-order valence-electron chi connectivity index (χ2n) is 7.85. The zero-order valence-electron chi connectivity index (χ0n) is 18.6. The predicted molar refractivity (Wildman–Crippen MR) is 126 cm³/mol. The summed E-state index contributed by atoms with van der Waals surface area (Å²) < 4.78 is 24.3. The van der Waals surface area contributed by atoms with Crippen LogP contribution < -0.4 is 10.6 Å². The van der Waals surface area contributed by atoms with Crippen LogP contribution in [0.4, 0.5) is 14.9 Å². The number of aromatic carboxylic acids is 1. The Labute approximate surface area is 200 Å². The van der Waals surface area contributed by atoms with E-state index in [1.165, 1.54) is 6.07 Å². The number of hydrogen-bond donors (Lipinski definition) is 3. The molecule has 0 aliphatic heterocycles. The maximum absolute atomic E-state index is 13.7. The van der Waals surface area contributed by atoms with Gasteiger partial charge in [-0.15, -0.1) is 0 Å². The lowest BCUT2D eigenvalue weighted by molar-refractivity contribution is -0.120. The van der Waals surface area contributed by atoms with Crippen LogP contribution in [-0.2, 0) is 14.3 Å². The highest BCUT2D eigenvalue weighted by molar-refractivity contribution is 5.93. The average Bonchev–Trinajstić information content (AvgIpc) is 3.16. The molecule has 3 aromatic carbocycles. The largest absolute Gasteiger partial charge is 0.478 e. The number of ether oxygens (including phenoxy) is 2. The Morgan fingerprint density at radius 2 is 1.60 bits per heavy atom. The lowest BCUT2D eigenvalue weighted by Crippen LogP contribution is -2.30. The Morgan fingerprint density at radius 3 is 2.23 bits per heavy atom. The van der Waals surface area contributed by atoms with Gasteiger partial charge in [0.2, 0.25) is 5.91 Å². The summed E-state index contributed by atoms with van der Waals surface area (Å²) in [7, 11) is 0. The molecule has 35 heavy (non-hydrogen) atoms. The highest BCUT2D eigenvalue weighted by atomic mass is 19.1. The Kier molecular flexibility index (Phi) is 7.37. The molecule has 0 spiro atoms. The molecule has 8 nitrogen and oxygen atoms in total. The van der Waals surface area contributed by atoms with Crippen molar-refractivity contribution in [1.82, 2.24) is 5.32 Å². The van der Waals surface area contributed by atoms with E-state index in [0.717, 1.165) is 34.4 Å². The van der Waals surface area contributed by atoms with E-state index < -0.39 is 29.4 Å². The first-order chi connectivity index (χ1) is 16.9. The van der Waals surface area contributed by atoms with Crippen LogP contribution in [0.5, 0.6) is 0 Å². The molecule has 3 N–H and O–H groups in total. The summed E-state index contributed by atoms with van der Waals surface area (Å²) in [6, 6.07) is 19.4. The zero-order chi connectivity index (χ0) is 24.8. The number of carboxylic acids is 1. The van der Waals surface area contributed by atoms with Crippen LogP contribution in [0.25, 0.3) is 11.1 Å². The molecule has 180 valence electrons. The van der Waals surface area contributed by atoms with Gasteiger partial charge in [0.05, 0.1) is 12.2 Å². The van der Waals surface area contributed by atoms with Gasteiger partial charge in [-0.25, -0.2) is 14.0 Å². The van der Waals surface area contributed by atoms with Crippen LogP contribution in [0.3, 0.4) is 0 Å². The molecule has 1 aliphatic rings. The number of halogens is 1. The number of alkyl carbamates (subject to hydrolysis) is 1. The Bertz CT molecular complexity index is 1220. The van der Waals surface area contributed by atoms with Crippen LogP contribution >= 0.6 is 0 Å². The average molecular weight is 478 g/mol. The van der Waals surface area contributed by atoms with Gasteiger partial charge in [0.1, 0.15) is 19.0 Å². The van der Waals surface area contributed by atoms with E-state index in [-0.39, 0.29) is 38.0 Å². The highest BCUT2D eigenvalue weighted by Gasteiger charge is 2.28. The van der Waals surface area contributed by atoms with Crippen LogP contribution in [0.1, 0.15) is 27.4 Å². The molecule has 2 amide bonds. The number of carboxylic acid groups (broad SMARTS) is 1.